The number of hydrogen-bond donors (Lipinski definition) is 0. The fourth-order valence-corrected chi connectivity index (χ4v) is 6.59. The Morgan fingerprint density at radius 2 is 0.667 bits per heavy atom. The van der Waals surface area contributed by atoms with E-state index in [2.05, 4.69) is 202 Å². The molecule has 0 aliphatic heterocycles. The summed E-state index contributed by atoms with van der Waals surface area (Å²) in [7, 11) is 0. The Kier molecular flexibility index (Phi) is 10.5. The second kappa shape index (κ2) is 14.7. The fraction of sp³-hybridized carbons (Fsp3) is 0.360. The van der Waals surface area contributed by atoms with Gasteiger partial charge in [0, 0.05) is 47.8 Å². The zero-order valence-electron chi connectivity index (χ0n) is 34.8. The van der Waals surface area contributed by atoms with Crippen molar-refractivity contribution in [3.63, 3.8) is 0 Å². The SMILES string of the molecule is CC(C)(C)c1cc(-c2cc[n+](Cc3ccc(-c4ccc(C[n+]5ccc(-c6cc(C(C)(C)C)cc(C(C)(C)C)c6)cc5)cn4)nc3)cc2)cc(C(C)(C)C)c1. The number of rotatable bonds is 7. The highest BCUT2D eigenvalue weighted by atomic mass is 14.9. The Labute approximate surface area is 325 Å². The molecule has 0 amide bonds. The van der Waals surface area contributed by atoms with E-state index in [1.165, 1.54) is 44.5 Å². The van der Waals surface area contributed by atoms with Gasteiger partial charge in [-0.3, -0.25) is 9.97 Å². The van der Waals surface area contributed by atoms with Gasteiger partial charge in [0.15, 0.2) is 37.9 Å². The first-order chi connectivity index (χ1) is 25.2. The molecule has 0 saturated heterocycles. The molecule has 6 rings (SSSR count). The van der Waals surface area contributed by atoms with Gasteiger partial charge in [-0.1, -0.05) is 119 Å². The zero-order valence-corrected chi connectivity index (χ0v) is 34.8. The van der Waals surface area contributed by atoms with Gasteiger partial charge in [-0.15, -0.1) is 0 Å². The van der Waals surface area contributed by atoms with E-state index >= 15 is 0 Å². The van der Waals surface area contributed by atoms with E-state index < -0.39 is 0 Å². The summed E-state index contributed by atoms with van der Waals surface area (Å²) in [6.45, 7) is 29.0. The first kappa shape index (κ1) is 38.8. The molecular weight excluding hydrogens is 657 g/mol. The van der Waals surface area contributed by atoms with Crippen LogP contribution in [0.2, 0.25) is 0 Å². The number of nitrogens with zero attached hydrogens (tertiary/aromatic N) is 4. The van der Waals surface area contributed by atoms with E-state index in [9.17, 15) is 0 Å². The molecule has 0 aliphatic rings. The quantitative estimate of drug-likeness (QED) is 0.154. The minimum absolute atomic E-state index is 0.0885. The van der Waals surface area contributed by atoms with E-state index in [0.29, 0.717) is 0 Å². The molecule has 0 aliphatic carbocycles. The highest BCUT2D eigenvalue weighted by Gasteiger charge is 2.23. The second-order valence-corrected chi connectivity index (χ2v) is 19.2. The molecule has 2 aromatic carbocycles. The van der Waals surface area contributed by atoms with E-state index in [0.717, 1.165) is 35.6 Å². The van der Waals surface area contributed by atoms with Crippen LogP contribution in [0, 0.1) is 0 Å². The molecule has 6 aromatic rings. The van der Waals surface area contributed by atoms with E-state index in [1.54, 1.807) is 0 Å². The molecule has 0 fully saturated rings. The summed E-state index contributed by atoms with van der Waals surface area (Å²) in [4.78, 5) is 9.58. The summed E-state index contributed by atoms with van der Waals surface area (Å²) in [5.41, 5.74) is 14.9. The zero-order chi connectivity index (χ0) is 39.1. The molecule has 0 bridgehead atoms. The molecule has 4 heterocycles. The average Bonchev–Trinajstić information content (AvgIpc) is 3.11. The summed E-state index contributed by atoms with van der Waals surface area (Å²) < 4.78 is 4.42. The highest BCUT2D eigenvalue weighted by molar-refractivity contribution is 5.66. The number of aromatic nitrogens is 4. The molecule has 0 radical (unpaired) electrons. The van der Waals surface area contributed by atoms with Gasteiger partial charge in [0.25, 0.3) is 0 Å². The maximum absolute atomic E-state index is 4.79. The third-order valence-corrected chi connectivity index (χ3v) is 10.4. The third-order valence-electron chi connectivity index (χ3n) is 10.4. The number of benzene rings is 2. The molecule has 4 heteroatoms. The van der Waals surface area contributed by atoms with Crippen LogP contribution < -0.4 is 9.13 Å². The lowest BCUT2D eigenvalue weighted by Gasteiger charge is -2.26. The molecule has 54 heavy (non-hydrogen) atoms. The van der Waals surface area contributed by atoms with Crippen molar-refractivity contribution in [2.45, 2.75) is 118 Å². The Morgan fingerprint density at radius 3 is 0.907 bits per heavy atom. The van der Waals surface area contributed by atoms with Crippen molar-refractivity contribution >= 4 is 0 Å². The van der Waals surface area contributed by atoms with Crippen LogP contribution in [0.25, 0.3) is 33.6 Å². The molecule has 0 spiro atoms. The Balaban J connectivity index is 1.10. The monoisotopic (exact) mass is 716 g/mol. The Morgan fingerprint density at radius 1 is 0.370 bits per heavy atom. The lowest BCUT2D eigenvalue weighted by molar-refractivity contribution is -0.688. The minimum Gasteiger partial charge on any atom is -0.254 e. The van der Waals surface area contributed by atoms with Crippen molar-refractivity contribution in [3.05, 3.63) is 155 Å². The molecule has 4 aromatic heterocycles. The van der Waals surface area contributed by atoms with Crippen LogP contribution in [0.5, 0.6) is 0 Å². The number of hydrogen-bond acceptors (Lipinski definition) is 2. The standard InChI is InChI=1S/C50H60N4/c1-47(2,3)41-25-39(26-42(29-41)48(4,5)6)37-17-21-53(22-18-37)33-35-13-15-45(51-31-35)46-16-14-36(32-52-46)34-54-23-19-38(20-24-54)40-27-43(49(7,8)9)30-44(28-40)50(10,11)12/h13-32H,33-34H2,1-12H3/q+2. The van der Waals surface area contributed by atoms with Crippen molar-refractivity contribution in [2.24, 2.45) is 0 Å². The van der Waals surface area contributed by atoms with Crippen LogP contribution in [0.4, 0.5) is 0 Å². The normalized spacial score (nSPS) is 12.6. The topological polar surface area (TPSA) is 33.5 Å². The first-order valence-electron chi connectivity index (χ1n) is 19.4. The van der Waals surface area contributed by atoms with Crippen molar-refractivity contribution in [2.75, 3.05) is 0 Å². The van der Waals surface area contributed by atoms with Gasteiger partial charge in [0.1, 0.15) is 0 Å². The molecule has 0 unspecified atom stereocenters. The van der Waals surface area contributed by atoms with Gasteiger partial charge in [0.05, 0.1) is 11.4 Å². The maximum atomic E-state index is 4.79. The predicted octanol–water partition coefficient (Wildman–Crippen LogP) is 11.3. The van der Waals surface area contributed by atoms with Crippen LogP contribution in [0.1, 0.15) is 116 Å². The van der Waals surface area contributed by atoms with Crippen molar-refractivity contribution in [1.82, 2.24) is 9.97 Å². The highest BCUT2D eigenvalue weighted by Crippen LogP contribution is 2.35. The molecular formula is C50H60N4+2. The van der Waals surface area contributed by atoms with E-state index in [4.69, 9.17) is 9.97 Å². The van der Waals surface area contributed by atoms with Crippen LogP contribution >= 0.6 is 0 Å². The largest absolute Gasteiger partial charge is 0.254 e. The van der Waals surface area contributed by atoms with Gasteiger partial charge in [0.2, 0.25) is 0 Å². The lowest BCUT2D eigenvalue weighted by Crippen LogP contribution is -2.33. The summed E-state index contributed by atoms with van der Waals surface area (Å²) in [6, 6.07) is 31.5. The Bertz CT molecular complexity index is 1970. The van der Waals surface area contributed by atoms with Crippen molar-refractivity contribution in [3.8, 4) is 33.6 Å². The van der Waals surface area contributed by atoms with Gasteiger partial charge in [-0.05, 0) is 90.4 Å². The van der Waals surface area contributed by atoms with Crippen LogP contribution in [-0.4, -0.2) is 9.97 Å². The van der Waals surface area contributed by atoms with E-state index in [1.807, 2.05) is 12.4 Å². The molecule has 0 N–H and O–H groups in total. The van der Waals surface area contributed by atoms with Crippen LogP contribution in [0.3, 0.4) is 0 Å². The summed E-state index contributed by atoms with van der Waals surface area (Å²) >= 11 is 0. The second-order valence-electron chi connectivity index (χ2n) is 19.2. The number of pyridine rings is 4. The average molecular weight is 717 g/mol. The summed E-state index contributed by atoms with van der Waals surface area (Å²) in [5, 5.41) is 0. The van der Waals surface area contributed by atoms with Crippen molar-refractivity contribution in [1.29, 1.82) is 0 Å². The van der Waals surface area contributed by atoms with Gasteiger partial charge in [-0.25, -0.2) is 9.13 Å². The molecule has 278 valence electrons. The van der Waals surface area contributed by atoms with Gasteiger partial charge in [-0.2, -0.15) is 0 Å². The summed E-state index contributed by atoms with van der Waals surface area (Å²) in [6.07, 6.45) is 12.6. The first-order valence-corrected chi connectivity index (χ1v) is 19.4. The predicted molar refractivity (Wildman–Crippen MR) is 225 cm³/mol. The van der Waals surface area contributed by atoms with Crippen molar-refractivity contribution < 1.29 is 9.13 Å². The van der Waals surface area contributed by atoms with Crippen LogP contribution in [-0.2, 0) is 34.7 Å². The van der Waals surface area contributed by atoms with Crippen LogP contribution in [0.15, 0.2) is 122 Å². The van der Waals surface area contributed by atoms with E-state index in [-0.39, 0.29) is 21.7 Å². The molecule has 4 nitrogen and oxygen atoms in total. The molecule has 0 saturated carbocycles. The third kappa shape index (κ3) is 9.39. The van der Waals surface area contributed by atoms with Gasteiger partial charge >= 0.3 is 0 Å². The van der Waals surface area contributed by atoms with Gasteiger partial charge < -0.3 is 0 Å². The molecule has 0 atom stereocenters. The maximum Gasteiger partial charge on any atom is 0.175 e. The smallest absolute Gasteiger partial charge is 0.175 e. The fourth-order valence-electron chi connectivity index (χ4n) is 6.59. The lowest BCUT2D eigenvalue weighted by atomic mass is 9.79. The minimum atomic E-state index is 0.0885. The summed E-state index contributed by atoms with van der Waals surface area (Å²) in [5.74, 6) is 0. The Hall–Kier alpha value is -4.96.